The minimum Gasteiger partial charge on any atom is -0.460 e. The topological polar surface area (TPSA) is 79.4 Å². The van der Waals surface area contributed by atoms with E-state index in [1.807, 2.05) is 62.9 Å². The molecule has 0 N–H and O–H groups in total. The van der Waals surface area contributed by atoms with Crippen LogP contribution in [0.5, 0.6) is 0 Å². The van der Waals surface area contributed by atoms with Crippen molar-refractivity contribution < 1.29 is 23.9 Å². The van der Waals surface area contributed by atoms with E-state index in [1.54, 1.807) is 4.90 Å². The van der Waals surface area contributed by atoms with Gasteiger partial charge < -0.3 is 19.3 Å². The van der Waals surface area contributed by atoms with Crippen molar-refractivity contribution in [2.45, 2.75) is 71.6 Å². The van der Waals surface area contributed by atoms with Crippen molar-refractivity contribution in [1.82, 2.24) is 14.7 Å². The fraction of sp³-hybridized carbons (Fsp3) is 0.667. The molecule has 0 atom stereocenters. The van der Waals surface area contributed by atoms with Gasteiger partial charge in [-0.15, -0.1) is 0 Å². The van der Waals surface area contributed by atoms with Gasteiger partial charge in [-0.05, 0) is 72.0 Å². The smallest absolute Gasteiger partial charge is 0.410 e. The highest BCUT2D eigenvalue weighted by molar-refractivity contribution is 5.79. The number of carbonyl (C=O) groups is 3. The third-order valence-corrected chi connectivity index (χ3v) is 6.72. The summed E-state index contributed by atoms with van der Waals surface area (Å²) >= 11 is 0. The van der Waals surface area contributed by atoms with E-state index in [-0.39, 0.29) is 36.5 Å². The molecule has 35 heavy (non-hydrogen) atoms. The van der Waals surface area contributed by atoms with E-state index < -0.39 is 5.60 Å². The molecule has 1 aromatic rings. The SMILES string of the molecule is CCN(C(=O)CN1CCC(C(=O)OC(C)(C)C)CC1)C1CCN(C(=O)OCc2ccccc2)CC1. The maximum Gasteiger partial charge on any atom is 0.410 e. The predicted molar refractivity (Wildman–Crippen MR) is 134 cm³/mol. The number of likely N-dealkylation sites (tertiary alicyclic amines) is 2. The Kier molecular flexibility index (Phi) is 9.55. The van der Waals surface area contributed by atoms with Crippen molar-refractivity contribution in [3.8, 4) is 0 Å². The second kappa shape index (κ2) is 12.4. The van der Waals surface area contributed by atoms with E-state index in [9.17, 15) is 14.4 Å². The Bertz CT molecular complexity index is 838. The molecule has 0 radical (unpaired) electrons. The number of hydrogen-bond acceptors (Lipinski definition) is 6. The van der Waals surface area contributed by atoms with Crippen LogP contribution in [0.1, 0.15) is 58.9 Å². The highest BCUT2D eigenvalue weighted by atomic mass is 16.6. The second-order valence-corrected chi connectivity index (χ2v) is 10.5. The number of benzene rings is 1. The number of likely N-dealkylation sites (N-methyl/N-ethyl adjacent to an activating group) is 1. The molecule has 0 spiro atoms. The van der Waals surface area contributed by atoms with Crippen LogP contribution in [-0.2, 0) is 25.7 Å². The maximum atomic E-state index is 13.1. The first-order chi connectivity index (χ1) is 16.7. The van der Waals surface area contributed by atoms with E-state index in [1.165, 1.54) is 0 Å². The Labute approximate surface area is 209 Å². The lowest BCUT2D eigenvalue weighted by atomic mass is 9.96. The molecule has 8 heteroatoms. The number of hydrogen-bond donors (Lipinski definition) is 0. The van der Waals surface area contributed by atoms with Crippen LogP contribution in [0.25, 0.3) is 0 Å². The van der Waals surface area contributed by atoms with Crippen LogP contribution in [0.2, 0.25) is 0 Å². The van der Waals surface area contributed by atoms with Crippen LogP contribution in [-0.4, -0.2) is 83.6 Å². The van der Waals surface area contributed by atoms with Gasteiger partial charge in [0.1, 0.15) is 12.2 Å². The molecule has 2 fully saturated rings. The standard InChI is InChI=1S/C27H41N3O5/c1-5-30(24(31)19-28-15-11-22(12-16-28)25(32)35-27(2,3)4)23-13-17-29(18-14-23)26(33)34-20-21-9-7-6-8-10-21/h6-10,22-23H,5,11-20H2,1-4H3. The fourth-order valence-corrected chi connectivity index (χ4v) is 4.80. The number of esters is 1. The molecule has 0 bridgehead atoms. The van der Waals surface area contributed by atoms with Crippen LogP contribution < -0.4 is 0 Å². The molecule has 2 aliphatic rings. The van der Waals surface area contributed by atoms with Gasteiger partial charge in [0.25, 0.3) is 0 Å². The lowest BCUT2D eigenvalue weighted by Gasteiger charge is -2.39. The van der Waals surface area contributed by atoms with Crippen LogP contribution in [0.3, 0.4) is 0 Å². The summed E-state index contributed by atoms with van der Waals surface area (Å²) in [4.78, 5) is 43.7. The number of rotatable bonds is 7. The quantitative estimate of drug-likeness (QED) is 0.546. The fourth-order valence-electron chi connectivity index (χ4n) is 4.80. The average molecular weight is 488 g/mol. The minimum absolute atomic E-state index is 0.0890. The Morgan fingerprint density at radius 3 is 2.17 bits per heavy atom. The number of nitrogens with zero attached hydrogens (tertiary/aromatic N) is 3. The van der Waals surface area contributed by atoms with E-state index in [0.717, 1.165) is 44.3 Å². The molecule has 3 rings (SSSR count). The lowest BCUT2D eigenvalue weighted by molar-refractivity contribution is -0.161. The first-order valence-electron chi connectivity index (χ1n) is 12.9. The summed E-state index contributed by atoms with van der Waals surface area (Å²) in [5.74, 6) is -0.102. The normalized spacial score (nSPS) is 18.2. The van der Waals surface area contributed by atoms with Gasteiger partial charge in [-0.2, -0.15) is 0 Å². The van der Waals surface area contributed by atoms with Crippen LogP contribution in [0.4, 0.5) is 4.79 Å². The summed E-state index contributed by atoms with van der Waals surface area (Å²) in [6.07, 6.45) is 2.64. The average Bonchev–Trinajstić information content (AvgIpc) is 2.83. The molecule has 2 saturated heterocycles. The van der Waals surface area contributed by atoms with Gasteiger partial charge in [0.05, 0.1) is 12.5 Å². The summed E-state index contributed by atoms with van der Waals surface area (Å²) in [6.45, 7) is 11.6. The van der Waals surface area contributed by atoms with E-state index in [4.69, 9.17) is 9.47 Å². The second-order valence-electron chi connectivity index (χ2n) is 10.5. The summed E-state index contributed by atoms with van der Waals surface area (Å²) in [7, 11) is 0. The van der Waals surface area contributed by atoms with Gasteiger partial charge in [-0.25, -0.2) is 4.79 Å². The van der Waals surface area contributed by atoms with Crippen LogP contribution >= 0.6 is 0 Å². The predicted octanol–water partition coefficient (Wildman–Crippen LogP) is 3.69. The molecule has 0 unspecified atom stereocenters. The Balaban J connectivity index is 1.40. The summed E-state index contributed by atoms with van der Waals surface area (Å²) in [5, 5.41) is 0. The molecule has 8 nitrogen and oxygen atoms in total. The van der Waals surface area contributed by atoms with Crippen molar-refractivity contribution in [2.75, 3.05) is 39.3 Å². The summed E-state index contributed by atoms with van der Waals surface area (Å²) < 4.78 is 11.0. The van der Waals surface area contributed by atoms with Crippen LogP contribution in [0.15, 0.2) is 30.3 Å². The molecular formula is C27H41N3O5. The van der Waals surface area contributed by atoms with Gasteiger partial charge in [0.15, 0.2) is 0 Å². The zero-order valence-corrected chi connectivity index (χ0v) is 21.7. The molecule has 2 amide bonds. The molecule has 0 aliphatic carbocycles. The molecule has 0 saturated carbocycles. The van der Waals surface area contributed by atoms with Crippen molar-refractivity contribution in [3.05, 3.63) is 35.9 Å². The van der Waals surface area contributed by atoms with Gasteiger partial charge >= 0.3 is 12.1 Å². The molecular weight excluding hydrogens is 446 g/mol. The monoisotopic (exact) mass is 487 g/mol. The highest BCUT2D eigenvalue weighted by Gasteiger charge is 2.32. The first-order valence-corrected chi connectivity index (χ1v) is 12.9. The highest BCUT2D eigenvalue weighted by Crippen LogP contribution is 2.23. The van der Waals surface area contributed by atoms with E-state index in [2.05, 4.69) is 4.90 Å². The maximum absolute atomic E-state index is 13.1. The lowest BCUT2D eigenvalue weighted by Crippen LogP contribution is -2.51. The number of carbonyl (C=O) groups excluding carboxylic acids is 3. The summed E-state index contributed by atoms with van der Waals surface area (Å²) in [5.41, 5.74) is 0.494. The van der Waals surface area contributed by atoms with Crippen molar-refractivity contribution in [1.29, 1.82) is 0 Å². The van der Waals surface area contributed by atoms with Crippen LogP contribution in [0, 0.1) is 5.92 Å². The Morgan fingerprint density at radius 1 is 0.971 bits per heavy atom. The van der Waals surface area contributed by atoms with Gasteiger partial charge in [0, 0.05) is 25.7 Å². The Hall–Kier alpha value is -2.61. The third-order valence-electron chi connectivity index (χ3n) is 6.72. The number of ether oxygens (including phenoxy) is 2. The minimum atomic E-state index is -0.472. The number of amides is 2. The molecule has 2 heterocycles. The largest absolute Gasteiger partial charge is 0.460 e. The molecule has 194 valence electrons. The molecule has 2 aliphatic heterocycles. The van der Waals surface area contributed by atoms with Crippen molar-refractivity contribution in [2.24, 2.45) is 5.92 Å². The van der Waals surface area contributed by atoms with Gasteiger partial charge in [0.2, 0.25) is 5.91 Å². The summed E-state index contributed by atoms with van der Waals surface area (Å²) in [6, 6.07) is 9.78. The Morgan fingerprint density at radius 2 is 1.60 bits per heavy atom. The van der Waals surface area contributed by atoms with E-state index >= 15 is 0 Å². The van der Waals surface area contributed by atoms with Crippen molar-refractivity contribution >= 4 is 18.0 Å². The zero-order chi connectivity index (χ0) is 25.4. The molecule has 1 aromatic carbocycles. The van der Waals surface area contributed by atoms with E-state index in [0.29, 0.717) is 26.2 Å². The third kappa shape index (κ3) is 8.23. The van der Waals surface area contributed by atoms with Crippen molar-refractivity contribution in [3.63, 3.8) is 0 Å². The van der Waals surface area contributed by atoms with Gasteiger partial charge in [-0.3, -0.25) is 14.5 Å². The first kappa shape index (κ1) is 27.0. The van der Waals surface area contributed by atoms with Gasteiger partial charge in [-0.1, -0.05) is 30.3 Å². The number of piperidine rings is 2. The molecule has 0 aromatic heterocycles. The zero-order valence-electron chi connectivity index (χ0n) is 21.7.